The molecule has 3 aromatic heterocycles. The molecule has 1 N–H and O–H groups in total. The maximum Gasteiger partial charge on any atom is 0.332 e. The van der Waals surface area contributed by atoms with Crippen molar-refractivity contribution in [3.8, 4) is 0 Å². The van der Waals surface area contributed by atoms with Gasteiger partial charge in [0.25, 0.3) is 5.56 Å². The van der Waals surface area contributed by atoms with Crippen LogP contribution in [0.2, 0.25) is 0 Å². The van der Waals surface area contributed by atoms with Gasteiger partial charge in [0, 0.05) is 19.8 Å². The normalized spacial score (nSPS) is 11.5. The molecule has 12 heteroatoms. The van der Waals surface area contributed by atoms with Gasteiger partial charge in [0.1, 0.15) is 5.82 Å². The van der Waals surface area contributed by atoms with Crippen LogP contribution in [0.15, 0.2) is 57.2 Å². The minimum absolute atomic E-state index is 0.0389. The highest BCUT2D eigenvalue weighted by atomic mass is 32.2. The zero-order valence-electron chi connectivity index (χ0n) is 20.6. The van der Waals surface area contributed by atoms with Crippen molar-refractivity contribution in [1.82, 2.24) is 28.3 Å². The Labute approximate surface area is 214 Å². The first-order valence-electron chi connectivity index (χ1n) is 11.4. The molecule has 0 radical (unpaired) electrons. The lowest BCUT2D eigenvalue weighted by molar-refractivity contribution is -0.113. The van der Waals surface area contributed by atoms with Crippen LogP contribution in [0.4, 0.5) is 10.1 Å². The number of benzene rings is 2. The smallest absolute Gasteiger partial charge is 0.325 e. The number of nitrogens with one attached hydrogen (secondary N) is 1. The fourth-order valence-electron chi connectivity index (χ4n) is 4.42. The lowest BCUT2D eigenvalue weighted by atomic mass is 10.1. The van der Waals surface area contributed by atoms with Gasteiger partial charge in [0.2, 0.25) is 11.7 Å². The molecule has 0 aliphatic heterocycles. The van der Waals surface area contributed by atoms with Crippen molar-refractivity contribution >= 4 is 40.3 Å². The van der Waals surface area contributed by atoms with Crippen LogP contribution in [0.5, 0.6) is 0 Å². The highest BCUT2D eigenvalue weighted by Crippen LogP contribution is 2.25. The zero-order chi connectivity index (χ0) is 26.4. The Morgan fingerprint density at radius 1 is 1.00 bits per heavy atom. The van der Waals surface area contributed by atoms with Crippen molar-refractivity contribution in [2.75, 3.05) is 11.1 Å². The molecule has 2 aromatic carbocycles. The topological polar surface area (TPSA) is 108 Å². The molecule has 0 spiro atoms. The summed E-state index contributed by atoms with van der Waals surface area (Å²) in [6.07, 6.45) is 0. The molecule has 0 unspecified atom stereocenters. The van der Waals surface area contributed by atoms with Gasteiger partial charge in [-0.15, -0.1) is 10.2 Å². The summed E-state index contributed by atoms with van der Waals surface area (Å²) in [6, 6.07) is 11.7. The van der Waals surface area contributed by atoms with Crippen LogP contribution >= 0.6 is 11.8 Å². The van der Waals surface area contributed by atoms with Crippen molar-refractivity contribution in [2.24, 2.45) is 14.1 Å². The number of thioether (sulfide) groups is 1. The van der Waals surface area contributed by atoms with Gasteiger partial charge in [-0.2, -0.15) is 0 Å². The van der Waals surface area contributed by atoms with Crippen LogP contribution in [0.3, 0.4) is 0 Å². The average Bonchev–Trinajstić information content (AvgIpc) is 3.39. The average molecular weight is 522 g/mol. The molecular weight excluding hydrogens is 497 g/mol. The van der Waals surface area contributed by atoms with Crippen LogP contribution in [0.1, 0.15) is 16.7 Å². The molecule has 0 aliphatic rings. The maximum atomic E-state index is 13.5. The van der Waals surface area contributed by atoms with E-state index in [9.17, 15) is 18.8 Å². The Hall–Kier alpha value is -4.19. The van der Waals surface area contributed by atoms with Crippen LogP contribution in [0.25, 0.3) is 16.9 Å². The van der Waals surface area contributed by atoms with Crippen molar-refractivity contribution in [3.63, 3.8) is 0 Å². The van der Waals surface area contributed by atoms with Crippen LogP contribution in [0, 0.1) is 19.7 Å². The summed E-state index contributed by atoms with van der Waals surface area (Å²) in [5.74, 6) is -0.233. The van der Waals surface area contributed by atoms with Crippen LogP contribution in [-0.2, 0) is 25.4 Å². The third-order valence-corrected chi connectivity index (χ3v) is 6.97. The summed E-state index contributed by atoms with van der Waals surface area (Å²) in [6.45, 7) is 4.12. The van der Waals surface area contributed by atoms with Gasteiger partial charge < -0.3 is 5.32 Å². The summed E-state index contributed by atoms with van der Waals surface area (Å²) in [4.78, 5) is 38.7. The third kappa shape index (κ3) is 4.44. The van der Waals surface area contributed by atoms with Crippen molar-refractivity contribution in [3.05, 3.63) is 85.8 Å². The minimum Gasteiger partial charge on any atom is -0.325 e. The molecule has 5 aromatic rings. The summed E-state index contributed by atoms with van der Waals surface area (Å²) < 4.78 is 19.1. The number of hydrogen-bond acceptors (Lipinski definition) is 6. The Bertz CT molecular complexity index is 1780. The second-order valence-electron chi connectivity index (χ2n) is 8.92. The highest BCUT2D eigenvalue weighted by Gasteiger charge is 2.24. The SMILES string of the molecule is Cc1cc(C)cc(NC(=O)CSc2nnc3n(Cc4ccc(F)cc4)c4c(=O)n(C)c(=O)n(C)c4n23)c1. The van der Waals surface area contributed by atoms with E-state index in [4.69, 9.17) is 0 Å². The number of amides is 1. The monoisotopic (exact) mass is 521 g/mol. The summed E-state index contributed by atoms with van der Waals surface area (Å²) in [5.41, 5.74) is 3.09. The summed E-state index contributed by atoms with van der Waals surface area (Å²) in [5, 5.41) is 11.8. The van der Waals surface area contributed by atoms with Gasteiger partial charge in [-0.25, -0.2) is 13.6 Å². The van der Waals surface area contributed by atoms with E-state index in [1.54, 1.807) is 28.1 Å². The number of carbonyl (C=O) groups excluding carboxylic acids is 1. The number of aryl methyl sites for hydroxylation is 3. The van der Waals surface area contributed by atoms with E-state index in [2.05, 4.69) is 15.5 Å². The zero-order valence-corrected chi connectivity index (χ0v) is 21.5. The van der Waals surface area contributed by atoms with Crippen molar-refractivity contribution in [2.45, 2.75) is 25.5 Å². The Morgan fingerprint density at radius 2 is 1.68 bits per heavy atom. The highest BCUT2D eigenvalue weighted by molar-refractivity contribution is 7.99. The number of hydrogen-bond donors (Lipinski definition) is 1. The number of carbonyl (C=O) groups is 1. The minimum atomic E-state index is -0.504. The summed E-state index contributed by atoms with van der Waals surface area (Å²) in [7, 11) is 2.97. The standard InChI is InChI=1S/C25H24FN7O3S/c1-14-9-15(2)11-18(10-14)27-19(34)13-37-24-29-28-23-32(12-16-5-7-17(26)8-6-16)20-21(33(23)24)30(3)25(36)31(4)22(20)35/h5-11H,12-13H2,1-4H3,(H,27,34). The molecule has 5 rings (SSSR count). The molecule has 0 saturated heterocycles. The molecule has 3 heterocycles. The van der Waals surface area contributed by atoms with Gasteiger partial charge in [0.05, 0.1) is 12.3 Å². The van der Waals surface area contributed by atoms with Gasteiger partial charge in [0.15, 0.2) is 16.3 Å². The first-order chi connectivity index (χ1) is 17.6. The second-order valence-corrected chi connectivity index (χ2v) is 9.86. The lowest BCUT2D eigenvalue weighted by Crippen LogP contribution is -2.37. The largest absolute Gasteiger partial charge is 0.332 e. The summed E-state index contributed by atoms with van der Waals surface area (Å²) >= 11 is 1.14. The molecule has 0 saturated carbocycles. The van der Waals surface area contributed by atoms with Gasteiger partial charge >= 0.3 is 5.69 Å². The fraction of sp³-hybridized carbons (Fsp3) is 0.240. The first-order valence-corrected chi connectivity index (χ1v) is 12.4. The third-order valence-electron chi connectivity index (χ3n) is 6.04. The van der Waals surface area contributed by atoms with E-state index < -0.39 is 11.2 Å². The van der Waals surface area contributed by atoms with E-state index >= 15 is 0 Å². The predicted molar refractivity (Wildman–Crippen MR) is 140 cm³/mol. The molecule has 0 fully saturated rings. The van der Waals surface area contributed by atoms with E-state index in [1.807, 2.05) is 32.0 Å². The van der Waals surface area contributed by atoms with E-state index in [1.165, 1.54) is 23.7 Å². The molecule has 0 atom stereocenters. The van der Waals surface area contributed by atoms with E-state index in [0.29, 0.717) is 22.3 Å². The predicted octanol–water partition coefficient (Wildman–Crippen LogP) is 2.62. The number of nitrogens with zero attached hydrogens (tertiary/aromatic N) is 6. The Balaban J connectivity index is 1.56. The second kappa shape index (κ2) is 9.36. The molecule has 0 bridgehead atoms. The molecule has 37 heavy (non-hydrogen) atoms. The number of anilines is 1. The molecular formula is C25H24FN7O3S. The van der Waals surface area contributed by atoms with Crippen LogP contribution < -0.4 is 16.6 Å². The van der Waals surface area contributed by atoms with E-state index in [0.717, 1.165) is 33.0 Å². The Kier molecular flexibility index (Phi) is 6.20. The first kappa shape index (κ1) is 24.5. The number of halogens is 1. The number of aromatic nitrogens is 6. The van der Waals surface area contributed by atoms with Gasteiger partial charge in [-0.3, -0.25) is 23.3 Å². The number of fused-ring (bicyclic) bond motifs is 3. The van der Waals surface area contributed by atoms with E-state index in [-0.39, 0.29) is 29.5 Å². The van der Waals surface area contributed by atoms with Crippen molar-refractivity contribution < 1.29 is 9.18 Å². The Morgan fingerprint density at radius 3 is 2.35 bits per heavy atom. The van der Waals surface area contributed by atoms with Crippen LogP contribution in [-0.4, -0.2) is 40.0 Å². The molecule has 1 amide bonds. The molecule has 190 valence electrons. The van der Waals surface area contributed by atoms with Gasteiger partial charge in [-0.05, 0) is 54.8 Å². The maximum absolute atomic E-state index is 13.5. The van der Waals surface area contributed by atoms with Crippen molar-refractivity contribution in [1.29, 1.82) is 0 Å². The lowest BCUT2D eigenvalue weighted by Gasteiger charge is -2.08. The number of rotatable bonds is 6. The molecule has 10 nitrogen and oxygen atoms in total. The fourth-order valence-corrected chi connectivity index (χ4v) is 5.15. The number of imidazole rings is 1. The molecule has 0 aliphatic carbocycles. The van der Waals surface area contributed by atoms with Gasteiger partial charge in [-0.1, -0.05) is 30.0 Å². The quantitative estimate of drug-likeness (QED) is 0.344.